The zero-order valence-electron chi connectivity index (χ0n) is 14.4. The predicted molar refractivity (Wildman–Crippen MR) is 89.9 cm³/mol. The fourth-order valence-corrected chi connectivity index (χ4v) is 3.37. The molecule has 1 aromatic carbocycles. The summed E-state index contributed by atoms with van der Waals surface area (Å²) in [6.45, 7) is 9.53. The van der Waals surface area contributed by atoms with E-state index in [0.717, 1.165) is 31.9 Å². The quantitative estimate of drug-likeness (QED) is 0.917. The summed E-state index contributed by atoms with van der Waals surface area (Å²) in [5.74, 6) is 0.899. The van der Waals surface area contributed by atoms with Crippen molar-refractivity contribution < 1.29 is 14.2 Å². The highest BCUT2D eigenvalue weighted by molar-refractivity contribution is 5.29. The number of hydrogen-bond acceptors (Lipinski definition) is 5. The molecule has 0 saturated carbocycles. The minimum Gasteiger partial charge on any atom is -0.497 e. The second kappa shape index (κ2) is 7.18. The molecule has 128 valence electrons. The molecule has 0 radical (unpaired) electrons. The molecule has 1 aromatic rings. The fourth-order valence-electron chi connectivity index (χ4n) is 3.37. The highest BCUT2D eigenvalue weighted by atomic mass is 16.6. The topological polar surface area (TPSA) is 43.0 Å². The molecule has 0 aliphatic carbocycles. The van der Waals surface area contributed by atoms with Gasteiger partial charge in [-0.2, -0.15) is 0 Å². The average molecular weight is 320 g/mol. The molecule has 2 atom stereocenters. The summed E-state index contributed by atoms with van der Waals surface area (Å²) in [6.07, 6.45) is 0.161. The van der Waals surface area contributed by atoms with Gasteiger partial charge in [0.25, 0.3) is 0 Å². The third-order valence-corrected chi connectivity index (χ3v) is 4.48. The van der Waals surface area contributed by atoms with E-state index in [1.807, 2.05) is 12.1 Å². The van der Waals surface area contributed by atoms with Crippen molar-refractivity contribution in [2.24, 2.45) is 0 Å². The van der Waals surface area contributed by atoms with E-state index in [9.17, 15) is 0 Å². The Hall–Kier alpha value is -1.14. The fraction of sp³-hybridized carbons (Fsp3) is 0.667. The first-order chi connectivity index (χ1) is 11.1. The predicted octanol–water partition coefficient (Wildman–Crippen LogP) is 1.84. The highest BCUT2D eigenvalue weighted by Crippen LogP contribution is 2.23. The molecule has 2 unspecified atom stereocenters. The Morgan fingerprint density at radius 2 is 2.09 bits per heavy atom. The summed E-state index contributed by atoms with van der Waals surface area (Å²) in [6, 6.07) is 8.69. The van der Waals surface area contributed by atoms with Crippen LogP contribution in [0.25, 0.3) is 0 Å². The Labute approximate surface area is 138 Å². The lowest BCUT2D eigenvalue weighted by atomic mass is 10.0. The molecule has 0 amide bonds. The van der Waals surface area contributed by atoms with Gasteiger partial charge in [-0.25, -0.2) is 0 Å². The minimum atomic E-state index is -0.174. The van der Waals surface area contributed by atoms with Crippen LogP contribution in [0.15, 0.2) is 24.3 Å². The maximum absolute atomic E-state index is 6.14. The molecule has 0 spiro atoms. The molecule has 3 rings (SSSR count). The lowest BCUT2D eigenvalue weighted by Crippen LogP contribution is -2.52. The van der Waals surface area contributed by atoms with Crippen LogP contribution >= 0.6 is 0 Å². The molecule has 23 heavy (non-hydrogen) atoms. The van der Waals surface area contributed by atoms with Crippen molar-refractivity contribution in [2.75, 3.05) is 46.5 Å². The Kier molecular flexibility index (Phi) is 5.21. The molecule has 2 heterocycles. The van der Waals surface area contributed by atoms with Gasteiger partial charge in [0.15, 0.2) is 0 Å². The van der Waals surface area contributed by atoms with Crippen LogP contribution in [0.4, 0.5) is 0 Å². The first-order valence-corrected chi connectivity index (χ1v) is 8.41. The normalized spacial score (nSPS) is 28.5. The third kappa shape index (κ3) is 4.44. The summed E-state index contributed by atoms with van der Waals surface area (Å²) in [4.78, 5) is 2.47. The van der Waals surface area contributed by atoms with Crippen molar-refractivity contribution in [1.29, 1.82) is 0 Å². The van der Waals surface area contributed by atoms with Crippen LogP contribution in [-0.4, -0.2) is 63.1 Å². The van der Waals surface area contributed by atoms with Crippen LogP contribution in [0.3, 0.4) is 0 Å². The molecule has 0 bridgehead atoms. The van der Waals surface area contributed by atoms with Crippen LogP contribution < -0.4 is 10.1 Å². The maximum atomic E-state index is 6.14. The SMILES string of the molecule is COc1ccc(C2CN(CC3COCC(C)(C)O3)CCN2)cc1. The summed E-state index contributed by atoms with van der Waals surface area (Å²) in [7, 11) is 1.70. The number of hydrogen-bond donors (Lipinski definition) is 1. The minimum absolute atomic E-state index is 0.161. The first-order valence-electron chi connectivity index (χ1n) is 8.41. The van der Waals surface area contributed by atoms with Crippen LogP contribution in [0.1, 0.15) is 25.5 Å². The largest absolute Gasteiger partial charge is 0.497 e. The van der Waals surface area contributed by atoms with E-state index >= 15 is 0 Å². The zero-order chi connectivity index (χ0) is 16.3. The first kappa shape index (κ1) is 16.7. The van der Waals surface area contributed by atoms with Gasteiger partial charge in [-0.05, 0) is 31.5 Å². The molecule has 2 fully saturated rings. The monoisotopic (exact) mass is 320 g/mol. The number of benzene rings is 1. The van der Waals surface area contributed by atoms with Gasteiger partial charge in [0, 0.05) is 32.2 Å². The Morgan fingerprint density at radius 1 is 1.30 bits per heavy atom. The Morgan fingerprint density at radius 3 is 2.78 bits per heavy atom. The van der Waals surface area contributed by atoms with E-state index in [0.29, 0.717) is 19.3 Å². The number of piperazine rings is 1. The van der Waals surface area contributed by atoms with E-state index in [2.05, 4.69) is 36.2 Å². The third-order valence-electron chi connectivity index (χ3n) is 4.48. The zero-order valence-corrected chi connectivity index (χ0v) is 14.4. The number of rotatable bonds is 4. The van der Waals surface area contributed by atoms with Crippen molar-refractivity contribution in [3.05, 3.63) is 29.8 Å². The Bertz CT molecular complexity index is 503. The smallest absolute Gasteiger partial charge is 0.118 e. The van der Waals surface area contributed by atoms with Crippen LogP contribution in [0.2, 0.25) is 0 Å². The van der Waals surface area contributed by atoms with Gasteiger partial charge in [0.2, 0.25) is 0 Å². The van der Waals surface area contributed by atoms with E-state index in [4.69, 9.17) is 14.2 Å². The lowest BCUT2D eigenvalue weighted by Gasteiger charge is -2.40. The second-order valence-corrected chi connectivity index (χ2v) is 7.05. The van der Waals surface area contributed by atoms with Gasteiger partial charge in [0.05, 0.1) is 32.0 Å². The molecule has 2 aliphatic heterocycles. The van der Waals surface area contributed by atoms with Crippen molar-refractivity contribution in [2.45, 2.75) is 31.6 Å². The van der Waals surface area contributed by atoms with Gasteiger partial charge >= 0.3 is 0 Å². The summed E-state index contributed by atoms with van der Waals surface area (Å²) in [5.41, 5.74) is 1.13. The molecule has 2 saturated heterocycles. The summed E-state index contributed by atoms with van der Waals surface area (Å²) in [5, 5.41) is 3.60. The molecular weight excluding hydrogens is 292 g/mol. The van der Waals surface area contributed by atoms with Crippen LogP contribution in [-0.2, 0) is 9.47 Å². The molecule has 2 aliphatic rings. The lowest BCUT2D eigenvalue weighted by molar-refractivity contribution is -0.187. The number of methoxy groups -OCH3 is 1. The van der Waals surface area contributed by atoms with Crippen molar-refractivity contribution in [3.63, 3.8) is 0 Å². The molecule has 1 N–H and O–H groups in total. The van der Waals surface area contributed by atoms with Gasteiger partial charge in [-0.3, -0.25) is 4.90 Å². The standard InChI is InChI=1S/C18H28N2O3/c1-18(2)13-22-12-16(23-18)10-20-9-8-19-17(11-20)14-4-6-15(21-3)7-5-14/h4-7,16-17,19H,8-13H2,1-3H3. The van der Waals surface area contributed by atoms with Crippen molar-refractivity contribution in [3.8, 4) is 5.75 Å². The summed E-state index contributed by atoms with van der Waals surface area (Å²) >= 11 is 0. The molecular formula is C18H28N2O3. The van der Waals surface area contributed by atoms with E-state index in [-0.39, 0.29) is 11.7 Å². The highest BCUT2D eigenvalue weighted by Gasteiger charge is 2.31. The van der Waals surface area contributed by atoms with Gasteiger partial charge in [0.1, 0.15) is 5.75 Å². The van der Waals surface area contributed by atoms with Gasteiger partial charge in [-0.15, -0.1) is 0 Å². The average Bonchev–Trinajstić information content (AvgIpc) is 2.54. The van der Waals surface area contributed by atoms with Crippen molar-refractivity contribution in [1.82, 2.24) is 10.2 Å². The molecule has 5 heteroatoms. The maximum Gasteiger partial charge on any atom is 0.118 e. The van der Waals surface area contributed by atoms with Crippen LogP contribution in [0, 0.1) is 0 Å². The Balaban J connectivity index is 1.57. The van der Waals surface area contributed by atoms with E-state index in [1.54, 1.807) is 7.11 Å². The van der Waals surface area contributed by atoms with E-state index in [1.165, 1.54) is 5.56 Å². The van der Waals surface area contributed by atoms with Gasteiger partial charge in [-0.1, -0.05) is 12.1 Å². The molecule has 0 aromatic heterocycles. The number of nitrogens with zero attached hydrogens (tertiary/aromatic N) is 1. The number of nitrogens with one attached hydrogen (secondary N) is 1. The number of ether oxygens (including phenoxy) is 3. The van der Waals surface area contributed by atoms with Gasteiger partial charge < -0.3 is 19.5 Å². The van der Waals surface area contributed by atoms with Crippen LogP contribution in [0.5, 0.6) is 5.75 Å². The molecule has 5 nitrogen and oxygen atoms in total. The second-order valence-electron chi connectivity index (χ2n) is 7.05. The summed E-state index contributed by atoms with van der Waals surface area (Å²) < 4.78 is 17.1. The van der Waals surface area contributed by atoms with Crippen molar-refractivity contribution >= 4 is 0 Å². The van der Waals surface area contributed by atoms with E-state index < -0.39 is 0 Å².